The zero-order valence-corrected chi connectivity index (χ0v) is 17.6. The maximum Gasteiger partial charge on any atom is 0.178 e. The van der Waals surface area contributed by atoms with Crippen LogP contribution >= 0.6 is 15.9 Å². The quantitative estimate of drug-likeness (QED) is 0.789. The molecule has 1 fully saturated rings. The first-order valence-corrected chi connectivity index (χ1v) is 10.1. The van der Waals surface area contributed by atoms with Crippen LogP contribution in [0.1, 0.15) is 17.2 Å². The second-order valence-electron chi connectivity index (χ2n) is 6.97. The highest BCUT2D eigenvalue weighted by molar-refractivity contribution is 9.10. The van der Waals surface area contributed by atoms with E-state index in [1.54, 1.807) is 19.5 Å². The van der Waals surface area contributed by atoms with Gasteiger partial charge in [-0.3, -0.25) is 9.88 Å². The Labute approximate surface area is 174 Å². The number of hydrogen-bond donors (Lipinski definition) is 1. The van der Waals surface area contributed by atoms with Crippen molar-refractivity contribution in [3.05, 3.63) is 70.6 Å². The van der Waals surface area contributed by atoms with Gasteiger partial charge in [-0.1, -0.05) is 15.9 Å². The summed E-state index contributed by atoms with van der Waals surface area (Å²) >= 11 is 3.59. The fourth-order valence-corrected chi connectivity index (χ4v) is 4.10. The summed E-state index contributed by atoms with van der Waals surface area (Å²) in [6, 6.07) is 10.3. The van der Waals surface area contributed by atoms with E-state index in [-0.39, 0.29) is 12.3 Å². The van der Waals surface area contributed by atoms with Crippen molar-refractivity contribution in [2.45, 2.75) is 12.3 Å². The molecule has 1 aromatic carbocycles. The lowest BCUT2D eigenvalue weighted by Crippen LogP contribution is -2.54. The van der Waals surface area contributed by atoms with E-state index in [1.807, 2.05) is 24.3 Å². The van der Waals surface area contributed by atoms with Gasteiger partial charge < -0.3 is 15.0 Å². The van der Waals surface area contributed by atoms with Gasteiger partial charge in [-0.25, -0.2) is 4.99 Å². The smallest absolute Gasteiger partial charge is 0.178 e. The number of ether oxygens (including phenoxy) is 1. The van der Waals surface area contributed by atoms with Crippen LogP contribution in [0, 0.1) is 0 Å². The molecule has 1 aromatic heterocycles. The first kappa shape index (κ1) is 19.1. The largest absolute Gasteiger partial charge is 0.496 e. The molecule has 146 valence electrons. The molecule has 2 atom stereocenters. The number of aliphatic imine (C=N–C) groups is 1. The van der Waals surface area contributed by atoms with Crippen molar-refractivity contribution in [1.82, 2.24) is 20.1 Å². The van der Waals surface area contributed by atoms with Crippen LogP contribution in [0.25, 0.3) is 0 Å². The van der Waals surface area contributed by atoms with Crippen LogP contribution in [0.2, 0.25) is 0 Å². The van der Waals surface area contributed by atoms with Crippen LogP contribution < -0.4 is 10.1 Å². The van der Waals surface area contributed by atoms with Crippen LogP contribution in [0.4, 0.5) is 0 Å². The van der Waals surface area contributed by atoms with E-state index < -0.39 is 0 Å². The number of halogens is 1. The molecule has 0 radical (unpaired) electrons. The number of rotatable bonds is 4. The third-order valence-electron chi connectivity index (χ3n) is 5.16. The minimum atomic E-state index is -0.0316. The molecular formula is C21H24BrN5O. The molecule has 1 saturated heterocycles. The fraction of sp³-hybridized carbons (Fsp3) is 0.333. The van der Waals surface area contributed by atoms with Crippen LogP contribution in [0.3, 0.4) is 0 Å². The average molecular weight is 442 g/mol. The van der Waals surface area contributed by atoms with Crippen molar-refractivity contribution in [3.8, 4) is 5.75 Å². The maximum atomic E-state index is 5.60. The highest BCUT2D eigenvalue weighted by Crippen LogP contribution is 2.31. The molecule has 0 saturated carbocycles. The molecule has 2 aromatic rings. The molecule has 0 aliphatic carbocycles. The number of aromatic nitrogens is 1. The Balaban J connectivity index is 1.58. The number of methoxy groups -OCH3 is 1. The Kier molecular flexibility index (Phi) is 5.75. The van der Waals surface area contributed by atoms with Crippen LogP contribution in [-0.4, -0.2) is 60.6 Å². The van der Waals surface area contributed by atoms with E-state index in [0.717, 1.165) is 46.7 Å². The number of allylic oxidation sites excluding steroid dienone is 1. The summed E-state index contributed by atoms with van der Waals surface area (Å²) in [7, 11) is 3.79. The molecule has 28 heavy (non-hydrogen) atoms. The lowest BCUT2D eigenvalue weighted by Gasteiger charge is -2.41. The van der Waals surface area contributed by atoms with E-state index in [0.29, 0.717) is 0 Å². The Hall–Kier alpha value is -2.22. The van der Waals surface area contributed by atoms with Crippen molar-refractivity contribution < 1.29 is 4.74 Å². The third kappa shape index (κ3) is 3.97. The van der Waals surface area contributed by atoms with Crippen molar-refractivity contribution in [2.24, 2.45) is 4.99 Å². The molecule has 0 bridgehead atoms. The molecule has 3 heterocycles. The molecule has 4 rings (SSSR count). The predicted octanol–water partition coefficient (Wildman–Crippen LogP) is 3.03. The van der Waals surface area contributed by atoms with Gasteiger partial charge in [-0.15, -0.1) is 0 Å². The fourth-order valence-electron chi connectivity index (χ4n) is 3.72. The minimum Gasteiger partial charge on any atom is -0.496 e. The van der Waals surface area contributed by atoms with Gasteiger partial charge in [-0.2, -0.15) is 0 Å². The Morgan fingerprint density at radius 2 is 2.04 bits per heavy atom. The minimum absolute atomic E-state index is 0.0316. The second kappa shape index (κ2) is 8.43. The molecule has 7 heteroatoms. The van der Waals surface area contributed by atoms with Crippen LogP contribution in [-0.2, 0) is 0 Å². The van der Waals surface area contributed by atoms with Crippen LogP contribution in [0.15, 0.2) is 64.5 Å². The summed E-state index contributed by atoms with van der Waals surface area (Å²) in [5.41, 5.74) is 3.24. The molecule has 1 N–H and O–H groups in total. The molecule has 2 aliphatic heterocycles. The van der Waals surface area contributed by atoms with E-state index in [2.05, 4.69) is 61.4 Å². The summed E-state index contributed by atoms with van der Waals surface area (Å²) < 4.78 is 6.65. The zero-order valence-electron chi connectivity index (χ0n) is 16.0. The van der Waals surface area contributed by atoms with Gasteiger partial charge >= 0.3 is 0 Å². The van der Waals surface area contributed by atoms with Crippen molar-refractivity contribution in [2.75, 3.05) is 33.8 Å². The zero-order chi connectivity index (χ0) is 19.5. The summed E-state index contributed by atoms with van der Waals surface area (Å²) in [4.78, 5) is 13.7. The number of pyridine rings is 1. The lowest BCUT2D eigenvalue weighted by atomic mass is 10.0. The highest BCUT2D eigenvalue weighted by atomic mass is 79.9. The molecule has 0 amide bonds. The standard InChI is InChI=1S/C21H24BrN5O/c1-26-11-7-18(15-5-8-23-9-6-15)25-21(26)27-12-10-24-19(14-27)17-13-16(22)3-4-20(17)28-2/h3-9,11,13,19,21,24H,10,12,14H2,1-2H3. The van der Waals surface area contributed by atoms with E-state index in [1.165, 1.54) is 0 Å². The number of nitrogens with one attached hydrogen (secondary N) is 1. The van der Waals surface area contributed by atoms with Gasteiger partial charge in [-0.05, 0) is 36.4 Å². The topological polar surface area (TPSA) is 53.0 Å². The van der Waals surface area contributed by atoms with Crippen molar-refractivity contribution >= 4 is 21.6 Å². The Morgan fingerprint density at radius 1 is 1.21 bits per heavy atom. The van der Waals surface area contributed by atoms with Gasteiger partial charge in [0.05, 0.1) is 12.8 Å². The molecule has 0 spiro atoms. The molecular weight excluding hydrogens is 418 g/mol. The monoisotopic (exact) mass is 441 g/mol. The van der Waals surface area contributed by atoms with E-state index in [4.69, 9.17) is 9.73 Å². The number of piperazine rings is 1. The average Bonchev–Trinajstić information content (AvgIpc) is 2.75. The Morgan fingerprint density at radius 3 is 2.82 bits per heavy atom. The Bertz CT molecular complexity index is 886. The highest BCUT2D eigenvalue weighted by Gasteiger charge is 2.30. The summed E-state index contributed by atoms with van der Waals surface area (Å²) in [5.74, 6) is 0.903. The first-order valence-electron chi connectivity index (χ1n) is 9.35. The molecule has 2 aliphatic rings. The molecule has 6 nitrogen and oxygen atoms in total. The lowest BCUT2D eigenvalue weighted by molar-refractivity contribution is 0.0679. The number of nitrogens with zero attached hydrogens (tertiary/aromatic N) is 4. The van der Waals surface area contributed by atoms with Gasteiger partial charge in [0.25, 0.3) is 0 Å². The van der Waals surface area contributed by atoms with Gasteiger partial charge in [0, 0.05) is 66.9 Å². The summed E-state index contributed by atoms with van der Waals surface area (Å²) in [6.07, 6.45) is 7.74. The van der Waals surface area contributed by atoms with Gasteiger partial charge in [0.2, 0.25) is 0 Å². The number of benzene rings is 1. The number of hydrogen-bond acceptors (Lipinski definition) is 6. The molecule has 2 unspecified atom stereocenters. The van der Waals surface area contributed by atoms with E-state index in [9.17, 15) is 0 Å². The van der Waals surface area contributed by atoms with Crippen LogP contribution in [0.5, 0.6) is 5.75 Å². The van der Waals surface area contributed by atoms with Gasteiger partial charge in [0.15, 0.2) is 6.29 Å². The third-order valence-corrected chi connectivity index (χ3v) is 5.66. The normalized spacial score (nSPS) is 22.8. The SMILES string of the molecule is COc1ccc(Br)cc1C1CN(C2N=C(c3ccncc3)C=CN2C)CCN1. The van der Waals surface area contributed by atoms with Crippen molar-refractivity contribution in [3.63, 3.8) is 0 Å². The predicted molar refractivity (Wildman–Crippen MR) is 114 cm³/mol. The first-order chi connectivity index (χ1) is 13.7. The maximum absolute atomic E-state index is 5.60. The van der Waals surface area contributed by atoms with Gasteiger partial charge in [0.1, 0.15) is 5.75 Å². The van der Waals surface area contributed by atoms with E-state index >= 15 is 0 Å². The summed E-state index contributed by atoms with van der Waals surface area (Å²) in [6.45, 7) is 2.68. The summed E-state index contributed by atoms with van der Waals surface area (Å²) in [5, 5.41) is 3.63. The second-order valence-corrected chi connectivity index (χ2v) is 7.88. The van der Waals surface area contributed by atoms with Crippen molar-refractivity contribution in [1.29, 1.82) is 0 Å².